The Morgan fingerprint density at radius 1 is 1.10 bits per heavy atom. The lowest BCUT2D eigenvalue weighted by Crippen LogP contribution is -2.34. The maximum Gasteiger partial charge on any atom is 0.235 e. The number of carbonyl (C=O) groups is 1. The normalized spacial score (nSPS) is 12.0. The summed E-state index contributed by atoms with van der Waals surface area (Å²) in [5.74, 6) is 0.0606. The molecule has 2 aromatic carbocycles. The van der Waals surface area contributed by atoms with Crippen molar-refractivity contribution in [1.29, 1.82) is 0 Å². The van der Waals surface area contributed by atoms with Crippen molar-refractivity contribution in [3.05, 3.63) is 71.3 Å². The smallest absolute Gasteiger partial charge is 0.235 e. The van der Waals surface area contributed by atoms with E-state index in [0.717, 1.165) is 5.56 Å². The zero-order chi connectivity index (χ0) is 15.2. The van der Waals surface area contributed by atoms with Gasteiger partial charge in [-0.3, -0.25) is 4.79 Å². The molecule has 0 saturated heterocycles. The van der Waals surface area contributed by atoms with E-state index in [9.17, 15) is 4.79 Å². The van der Waals surface area contributed by atoms with E-state index in [0.29, 0.717) is 13.0 Å². The van der Waals surface area contributed by atoms with Gasteiger partial charge in [0.1, 0.15) is 0 Å². The van der Waals surface area contributed by atoms with E-state index < -0.39 is 0 Å². The number of rotatable bonds is 5. The molecular formula is C18H21NOS. The summed E-state index contributed by atoms with van der Waals surface area (Å²) in [5, 5.41) is -0.304. The molecule has 0 fully saturated rings. The average molecular weight is 299 g/mol. The fraction of sp³-hybridized carbons (Fsp3) is 0.278. The van der Waals surface area contributed by atoms with Gasteiger partial charge in [-0.25, -0.2) is 0 Å². The summed E-state index contributed by atoms with van der Waals surface area (Å²) in [6.45, 7) is 2.69. The average Bonchev–Trinajstić information content (AvgIpc) is 2.49. The minimum Gasteiger partial charge on any atom is -0.340 e. The van der Waals surface area contributed by atoms with Crippen molar-refractivity contribution in [3.63, 3.8) is 0 Å². The SMILES string of the molecule is Cc1ccccc1CN(C)C(=O)C(S)Cc1ccccc1. The third-order valence-corrected chi connectivity index (χ3v) is 4.01. The molecule has 0 aliphatic rings. The molecule has 0 heterocycles. The molecule has 1 unspecified atom stereocenters. The Bertz CT molecular complexity index is 597. The predicted octanol–water partition coefficient (Wildman–Crippen LogP) is 3.49. The first-order chi connectivity index (χ1) is 10.1. The van der Waals surface area contributed by atoms with Crippen LogP contribution in [0.5, 0.6) is 0 Å². The summed E-state index contributed by atoms with van der Waals surface area (Å²) in [6, 6.07) is 18.1. The Hall–Kier alpha value is -1.74. The first kappa shape index (κ1) is 15.6. The van der Waals surface area contributed by atoms with Crippen LogP contribution in [0.3, 0.4) is 0 Å². The lowest BCUT2D eigenvalue weighted by atomic mass is 10.1. The highest BCUT2D eigenvalue weighted by Gasteiger charge is 2.19. The van der Waals surface area contributed by atoms with Gasteiger partial charge < -0.3 is 4.90 Å². The van der Waals surface area contributed by atoms with Crippen molar-refractivity contribution in [2.45, 2.75) is 25.1 Å². The van der Waals surface area contributed by atoms with Gasteiger partial charge in [0.25, 0.3) is 0 Å². The van der Waals surface area contributed by atoms with Crippen LogP contribution in [0, 0.1) is 6.92 Å². The number of benzene rings is 2. The number of aryl methyl sites for hydroxylation is 1. The van der Waals surface area contributed by atoms with E-state index >= 15 is 0 Å². The van der Waals surface area contributed by atoms with Crippen LogP contribution >= 0.6 is 12.6 Å². The van der Waals surface area contributed by atoms with Gasteiger partial charge in [-0.2, -0.15) is 12.6 Å². The molecule has 0 radical (unpaired) electrons. The highest BCUT2D eigenvalue weighted by atomic mass is 32.1. The standard InChI is InChI=1S/C18H21NOS/c1-14-8-6-7-11-16(14)13-19(2)18(20)17(21)12-15-9-4-3-5-10-15/h3-11,17,21H,12-13H2,1-2H3. The third-order valence-electron chi connectivity index (χ3n) is 3.60. The molecule has 2 rings (SSSR count). The number of hydrogen-bond acceptors (Lipinski definition) is 2. The van der Waals surface area contributed by atoms with E-state index in [4.69, 9.17) is 0 Å². The number of thiol groups is 1. The van der Waals surface area contributed by atoms with E-state index in [1.807, 2.05) is 49.5 Å². The van der Waals surface area contributed by atoms with Gasteiger partial charge in [0, 0.05) is 13.6 Å². The second-order valence-electron chi connectivity index (χ2n) is 5.33. The van der Waals surface area contributed by atoms with Gasteiger partial charge >= 0.3 is 0 Å². The second-order valence-corrected chi connectivity index (χ2v) is 5.95. The van der Waals surface area contributed by atoms with Crippen molar-refractivity contribution >= 4 is 18.5 Å². The minimum atomic E-state index is -0.304. The van der Waals surface area contributed by atoms with Crippen molar-refractivity contribution in [3.8, 4) is 0 Å². The van der Waals surface area contributed by atoms with Gasteiger partial charge in [0.15, 0.2) is 0 Å². The Morgan fingerprint density at radius 2 is 1.71 bits per heavy atom. The fourth-order valence-corrected chi connectivity index (χ4v) is 2.71. The van der Waals surface area contributed by atoms with Gasteiger partial charge in [0.2, 0.25) is 5.91 Å². The third kappa shape index (κ3) is 4.36. The molecule has 0 aliphatic heterocycles. The molecule has 2 nitrogen and oxygen atoms in total. The Morgan fingerprint density at radius 3 is 2.38 bits per heavy atom. The Labute approximate surface area is 132 Å². The topological polar surface area (TPSA) is 20.3 Å². The lowest BCUT2D eigenvalue weighted by molar-refractivity contribution is -0.129. The van der Waals surface area contributed by atoms with Gasteiger partial charge in [-0.05, 0) is 30.0 Å². The van der Waals surface area contributed by atoms with Crippen molar-refractivity contribution in [2.24, 2.45) is 0 Å². The van der Waals surface area contributed by atoms with Gasteiger partial charge in [-0.1, -0.05) is 54.6 Å². The van der Waals surface area contributed by atoms with Crippen LogP contribution in [0.25, 0.3) is 0 Å². The molecule has 3 heteroatoms. The van der Waals surface area contributed by atoms with E-state index in [2.05, 4.69) is 31.7 Å². The van der Waals surface area contributed by atoms with Crippen LogP contribution in [-0.2, 0) is 17.8 Å². The molecule has 0 N–H and O–H groups in total. The maximum absolute atomic E-state index is 12.4. The molecule has 0 saturated carbocycles. The van der Waals surface area contributed by atoms with Crippen molar-refractivity contribution < 1.29 is 4.79 Å². The molecule has 21 heavy (non-hydrogen) atoms. The molecule has 0 bridgehead atoms. The van der Waals surface area contributed by atoms with E-state index in [1.165, 1.54) is 11.1 Å². The quantitative estimate of drug-likeness (QED) is 0.838. The molecule has 0 aliphatic carbocycles. The first-order valence-corrected chi connectivity index (χ1v) is 7.61. The number of nitrogens with zero attached hydrogens (tertiary/aromatic N) is 1. The van der Waals surface area contributed by atoms with Crippen molar-refractivity contribution in [2.75, 3.05) is 7.05 Å². The monoisotopic (exact) mass is 299 g/mol. The van der Waals surface area contributed by atoms with E-state index in [1.54, 1.807) is 4.90 Å². The van der Waals surface area contributed by atoms with Crippen LogP contribution in [0.4, 0.5) is 0 Å². The summed E-state index contributed by atoms with van der Waals surface area (Å²) in [4.78, 5) is 14.2. The van der Waals surface area contributed by atoms with Crippen LogP contribution in [0.1, 0.15) is 16.7 Å². The van der Waals surface area contributed by atoms with Gasteiger partial charge in [0.05, 0.1) is 5.25 Å². The first-order valence-electron chi connectivity index (χ1n) is 7.09. The highest BCUT2D eigenvalue weighted by Crippen LogP contribution is 2.14. The summed E-state index contributed by atoms with van der Waals surface area (Å²) in [6.07, 6.45) is 0.654. The molecule has 1 amide bonds. The van der Waals surface area contributed by atoms with E-state index in [-0.39, 0.29) is 11.2 Å². The molecule has 1 atom stereocenters. The van der Waals surface area contributed by atoms with Crippen molar-refractivity contribution in [1.82, 2.24) is 4.90 Å². The molecule has 2 aromatic rings. The molecule has 110 valence electrons. The largest absolute Gasteiger partial charge is 0.340 e. The van der Waals surface area contributed by atoms with Gasteiger partial charge in [-0.15, -0.1) is 0 Å². The highest BCUT2D eigenvalue weighted by molar-refractivity contribution is 7.81. The summed E-state index contributed by atoms with van der Waals surface area (Å²) < 4.78 is 0. The van der Waals surface area contributed by atoms with Crippen LogP contribution in [0.2, 0.25) is 0 Å². The summed E-state index contributed by atoms with van der Waals surface area (Å²) >= 11 is 4.48. The summed E-state index contributed by atoms with van der Waals surface area (Å²) in [7, 11) is 1.84. The molecular weight excluding hydrogens is 278 g/mol. The zero-order valence-corrected chi connectivity index (χ0v) is 13.4. The second kappa shape index (κ2) is 7.32. The number of hydrogen-bond donors (Lipinski definition) is 1. The fourth-order valence-electron chi connectivity index (χ4n) is 2.30. The predicted molar refractivity (Wildman–Crippen MR) is 90.6 cm³/mol. The lowest BCUT2D eigenvalue weighted by Gasteiger charge is -2.22. The minimum absolute atomic E-state index is 0.0606. The van der Waals surface area contributed by atoms with Crippen LogP contribution in [-0.4, -0.2) is 23.1 Å². The summed E-state index contributed by atoms with van der Waals surface area (Å²) in [5.41, 5.74) is 3.51. The van der Waals surface area contributed by atoms with Crippen LogP contribution < -0.4 is 0 Å². The Balaban J connectivity index is 1.97. The zero-order valence-electron chi connectivity index (χ0n) is 12.5. The Kier molecular flexibility index (Phi) is 5.45. The molecule has 0 aromatic heterocycles. The molecule has 0 spiro atoms. The van der Waals surface area contributed by atoms with Crippen LogP contribution in [0.15, 0.2) is 54.6 Å². The number of carbonyl (C=O) groups excluding carboxylic acids is 1. The number of amides is 1. The maximum atomic E-state index is 12.4.